The van der Waals surface area contributed by atoms with Gasteiger partial charge in [0, 0.05) is 30.0 Å². The summed E-state index contributed by atoms with van der Waals surface area (Å²) in [7, 11) is 0. The van der Waals surface area contributed by atoms with Crippen molar-refractivity contribution in [2.75, 3.05) is 6.54 Å². The zero-order chi connectivity index (χ0) is 20.1. The van der Waals surface area contributed by atoms with Crippen LogP contribution in [-0.4, -0.2) is 38.1 Å². The summed E-state index contributed by atoms with van der Waals surface area (Å²) in [6, 6.07) is 9.49. The lowest BCUT2D eigenvalue weighted by molar-refractivity contribution is -0.127. The summed E-state index contributed by atoms with van der Waals surface area (Å²) in [4.78, 5) is 24.2. The number of halogens is 2. The Kier molecular flexibility index (Phi) is 6.33. The van der Waals surface area contributed by atoms with Crippen molar-refractivity contribution in [3.05, 3.63) is 69.2 Å². The molecular weight excluding hydrogens is 405 g/mol. The van der Waals surface area contributed by atoms with Gasteiger partial charge in [-0.15, -0.1) is 5.10 Å². The van der Waals surface area contributed by atoms with Gasteiger partial charge in [0.15, 0.2) is 11.9 Å². The molecule has 2 aromatic heterocycles. The number of nitrogens with zero attached hydrogens (tertiary/aromatic N) is 4. The summed E-state index contributed by atoms with van der Waals surface area (Å²) in [5.41, 5.74) is -0.276. The molecule has 3 aromatic rings. The first kappa shape index (κ1) is 19.9. The molecular formula is C18H17Cl2N5O3. The van der Waals surface area contributed by atoms with E-state index >= 15 is 0 Å². The normalized spacial score (nSPS) is 11.8. The molecule has 0 aliphatic carbocycles. The van der Waals surface area contributed by atoms with Crippen molar-refractivity contribution in [3.8, 4) is 11.6 Å². The van der Waals surface area contributed by atoms with Crippen LogP contribution in [0.25, 0.3) is 5.82 Å². The number of hydrogen-bond acceptors (Lipinski definition) is 5. The van der Waals surface area contributed by atoms with Gasteiger partial charge in [0.25, 0.3) is 11.5 Å². The number of carbonyl (C=O) groups is 1. The van der Waals surface area contributed by atoms with Gasteiger partial charge in [0.05, 0.1) is 11.6 Å². The number of aromatic nitrogens is 4. The summed E-state index contributed by atoms with van der Waals surface area (Å²) < 4.78 is 8.36. The fourth-order valence-corrected chi connectivity index (χ4v) is 2.82. The van der Waals surface area contributed by atoms with Crippen LogP contribution >= 0.6 is 23.2 Å². The van der Waals surface area contributed by atoms with E-state index in [1.54, 1.807) is 48.3 Å². The third kappa shape index (κ3) is 4.90. The molecule has 8 nitrogen and oxygen atoms in total. The molecule has 0 radical (unpaired) electrons. The van der Waals surface area contributed by atoms with Crippen LogP contribution in [0.5, 0.6) is 5.75 Å². The third-order valence-corrected chi connectivity index (χ3v) is 4.31. The van der Waals surface area contributed by atoms with Crippen LogP contribution in [0.1, 0.15) is 6.92 Å². The van der Waals surface area contributed by atoms with Gasteiger partial charge < -0.3 is 10.1 Å². The van der Waals surface area contributed by atoms with Crippen LogP contribution in [0.3, 0.4) is 0 Å². The highest BCUT2D eigenvalue weighted by molar-refractivity contribution is 6.35. The SMILES string of the molecule is CC(Oc1ccc(Cl)cc1Cl)C(=O)NCCn1nc(-n2cccn2)ccc1=O. The zero-order valence-electron chi connectivity index (χ0n) is 14.9. The van der Waals surface area contributed by atoms with Crippen LogP contribution < -0.4 is 15.6 Å². The van der Waals surface area contributed by atoms with Gasteiger partial charge in [-0.3, -0.25) is 9.59 Å². The summed E-state index contributed by atoms with van der Waals surface area (Å²) in [5.74, 6) is 0.519. The second-order valence-corrected chi connectivity index (χ2v) is 6.67. The summed E-state index contributed by atoms with van der Waals surface area (Å²) in [5, 5.41) is 11.8. The molecule has 1 atom stereocenters. The van der Waals surface area contributed by atoms with Gasteiger partial charge in [0.2, 0.25) is 0 Å². The lowest BCUT2D eigenvalue weighted by atomic mass is 10.3. The van der Waals surface area contributed by atoms with E-state index in [4.69, 9.17) is 27.9 Å². The van der Waals surface area contributed by atoms with Gasteiger partial charge >= 0.3 is 0 Å². The summed E-state index contributed by atoms with van der Waals surface area (Å²) in [6.07, 6.45) is 2.56. The molecule has 1 amide bonds. The van der Waals surface area contributed by atoms with Crippen molar-refractivity contribution >= 4 is 29.1 Å². The molecule has 0 bridgehead atoms. The van der Waals surface area contributed by atoms with E-state index in [9.17, 15) is 9.59 Å². The first-order chi connectivity index (χ1) is 13.4. The minimum absolute atomic E-state index is 0.202. The smallest absolute Gasteiger partial charge is 0.266 e. The monoisotopic (exact) mass is 421 g/mol. The predicted molar refractivity (Wildman–Crippen MR) is 105 cm³/mol. The van der Waals surface area contributed by atoms with Crippen molar-refractivity contribution in [3.63, 3.8) is 0 Å². The van der Waals surface area contributed by atoms with E-state index in [0.717, 1.165) is 0 Å². The molecule has 0 saturated carbocycles. The Morgan fingerprint density at radius 2 is 2.11 bits per heavy atom. The fourth-order valence-electron chi connectivity index (χ4n) is 2.37. The first-order valence-electron chi connectivity index (χ1n) is 8.41. The fraction of sp³-hybridized carbons (Fsp3) is 0.222. The Bertz CT molecular complexity index is 1020. The molecule has 0 saturated heterocycles. The molecule has 1 unspecified atom stereocenters. The van der Waals surface area contributed by atoms with Crippen LogP contribution in [-0.2, 0) is 11.3 Å². The van der Waals surface area contributed by atoms with E-state index < -0.39 is 6.10 Å². The van der Waals surface area contributed by atoms with Crippen LogP contribution in [0.2, 0.25) is 10.0 Å². The maximum Gasteiger partial charge on any atom is 0.266 e. The molecule has 2 heterocycles. The van der Waals surface area contributed by atoms with Gasteiger partial charge in [-0.05, 0) is 37.3 Å². The quantitative estimate of drug-likeness (QED) is 0.631. The van der Waals surface area contributed by atoms with Crippen LogP contribution in [0.4, 0.5) is 0 Å². The first-order valence-corrected chi connectivity index (χ1v) is 9.17. The van der Waals surface area contributed by atoms with Crippen molar-refractivity contribution in [2.24, 2.45) is 0 Å². The van der Waals surface area contributed by atoms with Crippen molar-refractivity contribution in [1.82, 2.24) is 24.9 Å². The minimum atomic E-state index is -0.779. The number of benzene rings is 1. The van der Waals surface area contributed by atoms with Gasteiger partial charge in [-0.25, -0.2) is 9.36 Å². The molecule has 0 fully saturated rings. The molecule has 146 valence electrons. The lowest BCUT2D eigenvalue weighted by Crippen LogP contribution is -2.39. The lowest BCUT2D eigenvalue weighted by Gasteiger charge is -2.16. The van der Waals surface area contributed by atoms with Crippen LogP contribution in [0, 0.1) is 0 Å². The van der Waals surface area contributed by atoms with Gasteiger partial charge in [-0.2, -0.15) is 5.10 Å². The third-order valence-electron chi connectivity index (χ3n) is 3.78. The number of rotatable bonds is 7. The number of carbonyl (C=O) groups excluding carboxylic acids is 1. The van der Waals surface area contributed by atoms with Crippen molar-refractivity contribution < 1.29 is 9.53 Å². The van der Waals surface area contributed by atoms with Crippen molar-refractivity contribution in [2.45, 2.75) is 19.6 Å². The van der Waals surface area contributed by atoms with E-state index in [1.807, 2.05) is 0 Å². The molecule has 3 rings (SSSR count). The van der Waals surface area contributed by atoms with E-state index in [1.165, 1.54) is 16.8 Å². The largest absolute Gasteiger partial charge is 0.479 e. The van der Waals surface area contributed by atoms with Crippen LogP contribution in [0.15, 0.2) is 53.6 Å². The number of hydrogen-bond donors (Lipinski definition) is 1. The second kappa shape index (κ2) is 8.90. The zero-order valence-corrected chi connectivity index (χ0v) is 16.4. The highest BCUT2D eigenvalue weighted by Gasteiger charge is 2.16. The van der Waals surface area contributed by atoms with Gasteiger partial charge in [-0.1, -0.05) is 23.2 Å². The Morgan fingerprint density at radius 3 is 2.82 bits per heavy atom. The maximum atomic E-state index is 12.2. The van der Waals surface area contributed by atoms with Crippen molar-refractivity contribution in [1.29, 1.82) is 0 Å². The summed E-state index contributed by atoms with van der Waals surface area (Å²) >= 11 is 11.9. The molecule has 10 heteroatoms. The molecule has 0 spiro atoms. The minimum Gasteiger partial charge on any atom is -0.479 e. The number of nitrogens with one attached hydrogen (secondary N) is 1. The van der Waals surface area contributed by atoms with E-state index in [2.05, 4.69) is 15.5 Å². The van der Waals surface area contributed by atoms with E-state index in [0.29, 0.717) is 21.6 Å². The number of amides is 1. The molecule has 0 aliphatic rings. The number of ether oxygens (including phenoxy) is 1. The Labute approximate surface area is 170 Å². The average molecular weight is 422 g/mol. The van der Waals surface area contributed by atoms with Gasteiger partial charge in [0.1, 0.15) is 5.75 Å². The van der Waals surface area contributed by atoms with E-state index in [-0.39, 0.29) is 24.6 Å². The highest BCUT2D eigenvalue weighted by atomic mass is 35.5. The summed E-state index contributed by atoms with van der Waals surface area (Å²) in [6.45, 7) is 2.01. The topological polar surface area (TPSA) is 91.0 Å². The highest BCUT2D eigenvalue weighted by Crippen LogP contribution is 2.28. The Balaban J connectivity index is 1.56. The Hall–Kier alpha value is -2.84. The Morgan fingerprint density at radius 1 is 1.29 bits per heavy atom. The molecule has 1 aromatic carbocycles. The predicted octanol–water partition coefficient (Wildman–Crippen LogP) is 2.32. The standard InChI is InChI=1S/C18H17Cl2N5O3/c1-12(28-15-4-3-13(19)11-14(15)20)18(27)21-8-10-25-17(26)6-5-16(23-25)24-9-2-7-22-24/h2-7,9,11-12H,8,10H2,1H3,(H,21,27). The molecule has 28 heavy (non-hydrogen) atoms. The average Bonchev–Trinajstić information content (AvgIpc) is 3.20. The maximum absolute atomic E-state index is 12.2. The molecule has 1 N–H and O–H groups in total. The second-order valence-electron chi connectivity index (χ2n) is 5.83. The molecule has 0 aliphatic heterocycles.